The van der Waals surface area contributed by atoms with E-state index in [2.05, 4.69) is 17.1 Å². The SMILES string of the molecule is C=NN(/C=C/NC)C1CCCCO1. The van der Waals surface area contributed by atoms with E-state index in [-0.39, 0.29) is 6.23 Å². The van der Waals surface area contributed by atoms with Crippen LogP contribution in [0.1, 0.15) is 19.3 Å². The maximum absolute atomic E-state index is 5.54. The summed E-state index contributed by atoms with van der Waals surface area (Å²) in [6.45, 7) is 4.33. The van der Waals surface area contributed by atoms with Gasteiger partial charge in [-0.2, -0.15) is 5.10 Å². The molecule has 0 aromatic rings. The molecule has 1 rings (SSSR count). The molecule has 1 aliphatic heterocycles. The molecule has 0 bridgehead atoms. The highest BCUT2D eigenvalue weighted by molar-refractivity contribution is 5.22. The fourth-order valence-corrected chi connectivity index (χ4v) is 1.32. The molecule has 0 aromatic carbocycles. The Bertz CT molecular complexity index is 176. The van der Waals surface area contributed by atoms with Crippen molar-refractivity contribution < 1.29 is 4.74 Å². The van der Waals surface area contributed by atoms with Crippen LogP contribution in [0.3, 0.4) is 0 Å². The maximum Gasteiger partial charge on any atom is 0.150 e. The minimum absolute atomic E-state index is 0.0656. The van der Waals surface area contributed by atoms with Gasteiger partial charge in [0.25, 0.3) is 0 Å². The first-order chi connectivity index (χ1) is 6.38. The Hall–Kier alpha value is -1.03. The van der Waals surface area contributed by atoms with Gasteiger partial charge in [-0.15, -0.1) is 0 Å². The summed E-state index contributed by atoms with van der Waals surface area (Å²) in [5.74, 6) is 0. The predicted octanol–water partition coefficient (Wildman–Crippen LogP) is 1.12. The summed E-state index contributed by atoms with van der Waals surface area (Å²) in [6, 6.07) is 0. The van der Waals surface area contributed by atoms with Crippen molar-refractivity contribution in [2.75, 3.05) is 13.7 Å². The van der Waals surface area contributed by atoms with Gasteiger partial charge in [0.15, 0.2) is 0 Å². The zero-order chi connectivity index (χ0) is 9.52. The van der Waals surface area contributed by atoms with Gasteiger partial charge >= 0.3 is 0 Å². The number of hydrogen-bond acceptors (Lipinski definition) is 4. The molecule has 74 valence electrons. The summed E-state index contributed by atoms with van der Waals surface area (Å²) in [5.41, 5.74) is 0. The normalized spacial score (nSPS) is 23.0. The van der Waals surface area contributed by atoms with Gasteiger partial charge in [0, 0.05) is 32.8 Å². The van der Waals surface area contributed by atoms with Crippen LogP contribution in [0.25, 0.3) is 0 Å². The standard InChI is InChI=1S/C9H17N3O/c1-10-6-7-12(11-2)9-5-3-4-8-13-9/h6-7,9-10H,2-5,8H2,1H3/b7-6+. The fraction of sp³-hybridized carbons (Fsp3) is 0.667. The molecule has 0 aliphatic carbocycles. The Morgan fingerprint density at radius 1 is 1.62 bits per heavy atom. The van der Waals surface area contributed by atoms with Gasteiger partial charge in [-0.25, -0.2) is 5.01 Å². The number of nitrogens with one attached hydrogen (secondary N) is 1. The van der Waals surface area contributed by atoms with E-state index in [9.17, 15) is 0 Å². The minimum atomic E-state index is 0.0656. The van der Waals surface area contributed by atoms with Crippen molar-refractivity contribution >= 4 is 6.72 Å². The average molecular weight is 183 g/mol. The molecule has 13 heavy (non-hydrogen) atoms. The summed E-state index contributed by atoms with van der Waals surface area (Å²) in [5, 5.41) is 8.53. The van der Waals surface area contributed by atoms with Gasteiger partial charge in [-0.05, 0) is 19.3 Å². The zero-order valence-electron chi connectivity index (χ0n) is 8.07. The number of rotatable bonds is 4. The zero-order valence-corrected chi connectivity index (χ0v) is 8.07. The van der Waals surface area contributed by atoms with Gasteiger partial charge in [-0.1, -0.05) is 0 Å². The molecule has 1 unspecified atom stereocenters. The highest BCUT2D eigenvalue weighted by atomic mass is 16.5. The molecule has 1 N–H and O–H groups in total. The Morgan fingerprint density at radius 3 is 3.00 bits per heavy atom. The second kappa shape index (κ2) is 5.59. The maximum atomic E-state index is 5.54. The van der Waals surface area contributed by atoms with Crippen LogP contribution in [0.15, 0.2) is 17.5 Å². The molecule has 0 amide bonds. The van der Waals surface area contributed by atoms with E-state index in [0.717, 1.165) is 19.4 Å². The number of hydrogen-bond donors (Lipinski definition) is 1. The monoisotopic (exact) mass is 183 g/mol. The lowest BCUT2D eigenvalue weighted by Crippen LogP contribution is -2.32. The minimum Gasteiger partial charge on any atom is -0.393 e. The molecule has 4 heteroatoms. The van der Waals surface area contributed by atoms with Crippen LogP contribution in [-0.2, 0) is 4.74 Å². The van der Waals surface area contributed by atoms with E-state index in [1.54, 1.807) is 5.01 Å². The topological polar surface area (TPSA) is 36.9 Å². The van der Waals surface area contributed by atoms with E-state index < -0.39 is 0 Å². The molecule has 1 heterocycles. The summed E-state index contributed by atoms with van der Waals surface area (Å²) in [4.78, 5) is 0. The van der Waals surface area contributed by atoms with Crippen LogP contribution in [0.2, 0.25) is 0 Å². The number of hydrazone groups is 1. The lowest BCUT2D eigenvalue weighted by molar-refractivity contribution is -0.0646. The van der Waals surface area contributed by atoms with Crippen LogP contribution in [0.5, 0.6) is 0 Å². The molecular weight excluding hydrogens is 166 g/mol. The lowest BCUT2D eigenvalue weighted by Gasteiger charge is -2.29. The van der Waals surface area contributed by atoms with Gasteiger partial charge in [-0.3, -0.25) is 0 Å². The molecule has 0 saturated carbocycles. The van der Waals surface area contributed by atoms with Gasteiger partial charge in [0.2, 0.25) is 0 Å². The first kappa shape index (κ1) is 10.1. The van der Waals surface area contributed by atoms with Crippen LogP contribution < -0.4 is 5.32 Å². The largest absolute Gasteiger partial charge is 0.393 e. The van der Waals surface area contributed by atoms with Crippen molar-refractivity contribution in [3.05, 3.63) is 12.4 Å². The van der Waals surface area contributed by atoms with Crippen molar-refractivity contribution in [1.82, 2.24) is 10.3 Å². The van der Waals surface area contributed by atoms with E-state index in [1.165, 1.54) is 6.42 Å². The molecule has 1 saturated heterocycles. The molecule has 1 atom stereocenters. The van der Waals surface area contributed by atoms with Gasteiger partial charge < -0.3 is 10.1 Å². The highest BCUT2D eigenvalue weighted by Crippen LogP contribution is 2.16. The first-order valence-electron chi connectivity index (χ1n) is 4.59. The lowest BCUT2D eigenvalue weighted by atomic mass is 10.2. The molecule has 0 aromatic heterocycles. The van der Waals surface area contributed by atoms with E-state index in [1.807, 2.05) is 19.4 Å². The fourth-order valence-electron chi connectivity index (χ4n) is 1.32. The quantitative estimate of drug-likeness (QED) is 0.524. The first-order valence-corrected chi connectivity index (χ1v) is 4.59. The summed E-state index contributed by atoms with van der Waals surface area (Å²) >= 11 is 0. The second-order valence-corrected chi connectivity index (χ2v) is 2.95. The summed E-state index contributed by atoms with van der Waals surface area (Å²) < 4.78 is 5.54. The van der Waals surface area contributed by atoms with E-state index >= 15 is 0 Å². The smallest absolute Gasteiger partial charge is 0.150 e. The van der Waals surface area contributed by atoms with Crippen molar-refractivity contribution in [3.63, 3.8) is 0 Å². The molecule has 1 fully saturated rings. The van der Waals surface area contributed by atoms with Crippen molar-refractivity contribution in [3.8, 4) is 0 Å². The van der Waals surface area contributed by atoms with Gasteiger partial charge in [0.1, 0.15) is 6.23 Å². The Balaban J connectivity index is 2.43. The summed E-state index contributed by atoms with van der Waals surface area (Å²) in [6.07, 6.45) is 7.08. The van der Waals surface area contributed by atoms with Crippen LogP contribution in [0.4, 0.5) is 0 Å². The second-order valence-electron chi connectivity index (χ2n) is 2.95. The Morgan fingerprint density at radius 2 is 2.46 bits per heavy atom. The third-order valence-electron chi connectivity index (χ3n) is 2.01. The van der Waals surface area contributed by atoms with Crippen LogP contribution >= 0.6 is 0 Å². The Kier molecular flexibility index (Phi) is 4.32. The van der Waals surface area contributed by atoms with Crippen molar-refractivity contribution in [2.24, 2.45) is 5.10 Å². The van der Waals surface area contributed by atoms with Crippen LogP contribution in [0, 0.1) is 0 Å². The molecular formula is C9H17N3O. The Labute approximate surface area is 79.3 Å². The van der Waals surface area contributed by atoms with Crippen molar-refractivity contribution in [1.29, 1.82) is 0 Å². The van der Waals surface area contributed by atoms with Gasteiger partial charge in [0.05, 0.1) is 0 Å². The van der Waals surface area contributed by atoms with E-state index in [0.29, 0.717) is 0 Å². The molecule has 0 spiro atoms. The van der Waals surface area contributed by atoms with E-state index in [4.69, 9.17) is 4.74 Å². The molecule has 1 aliphatic rings. The van der Waals surface area contributed by atoms with Crippen LogP contribution in [-0.4, -0.2) is 31.6 Å². The summed E-state index contributed by atoms with van der Waals surface area (Å²) in [7, 11) is 1.85. The highest BCUT2D eigenvalue weighted by Gasteiger charge is 2.17. The third-order valence-corrected chi connectivity index (χ3v) is 2.01. The molecule has 4 nitrogen and oxygen atoms in total. The molecule has 0 radical (unpaired) electrons. The number of nitrogens with zero attached hydrogens (tertiary/aromatic N) is 2. The third kappa shape index (κ3) is 3.06. The number of ether oxygens (including phenoxy) is 1. The average Bonchev–Trinajstić information content (AvgIpc) is 2.21. The predicted molar refractivity (Wildman–Crippen MR) is 53.2 cm³/mol. The van der Waals surface area contributed by atoms with Crippen molar-refractivity contribution in [2.45, 2.75) is 25.5 Å².